The maximum absolute atomic E-state index is 11.2. The van der Waals surface area contributed by atoms with Gasteiger partial charge in [-0.2, -0.15) is 0 Å². The molecule has 3 heteroatoms. The van der Waals surface area contributed by atoms with Gasteiger partial charge in [-0.05, 0) is 31.2 Å². The Morgan fingerprint density at radius 2 is 2.27 bits per heavy atom. The van der Waals surface area contributed by atoms with Crippen LogP contribution >= 0.6 is 0 Å². The summed E-state index contributed by atoms with van der Waals surface area (Å²) < 4.78 is 5.36. The van der Waals surface area contributed by atoms with Gasteiger partial charge in [-0.15, -0.1) is 0 Å². The third kappa shape index (κ3) is 1.92. The van der Waals surface area contributed by atoms with Gasteiger partial charge in [0.2, 0.25) is 0 Å². The van der Waals surface area contributed by atoms with Crippen LogP contribution in [0.2, 0.25) is 0 Å². The number of rotatable bonds is 1. The number of ketones is 1. The summed E-state index contributed by atoms with van der Waals surface area (Å²) in [7, 11) is 0. The average molecular weight is 204 g/mol. The first-order valence-corrected chi connectivity index (χ1v) is 4.81. The quantitative estimate of drug-likeness (QED) is 0.699. The van der Waals surface area contributed by atoms with Crippen LogP contribution < -0.4 is 0 Å². The van der Waals surface area contributed by atoms with Gasteiger partial charge in [0.15, 0.2) is 5.78 Å². The highest BCUT2D eigenvalue weighted by molar-refractivity contribution is 5.96. The molecule has 78 valence electrons. The molecule has 1 heterocycles. The number of aliphatic hydroxyl groups excluding tert-OH is 1. The van der Waals surface area contributed by atoms with Crippen molar-refractivity contribution in [3.63, 3.8) is 0 Å². The van der Waals surface area contributed by atoms with Crippen LogP contribution in [0.15, 0.2) is 47.3 Å². The molecule has 15 heavy (non-hydrogen) atoms. The molecule has 0 saturated heterocycles. The molecule has 0 aromatic rings. The first-order chi connectivity index (χ1) is 7.18. The number of hydrogen-bond acceptors (Lipinski definition) is 3. The zero-order chi connectivity index (χ0) is 10.8. The number of aliphatic hydroxyl groups is 1. The monoisotopic (exact) mass is 204 g/mol. The number of Topliss-reactive ketones (excluding diaryl/α,β-unsaturated/α-hetero) is 1. The minimum Gasteiger partial charge on any atom is -0.489 e. The number of hydrogen-bond donors (Lipinski definition) is 1. The molecule has 0 saturated carbocycles. The van der Waals surface area contributed by atoms with Crippen LogP contribution in [-0.2, 0) is 9.53 Å². The van der Waals surface area contributed by atoms with Crippen LogP contribution in [0.25, 0.3) is 0 Å². The molecule has 0 aromatic heterocycles. The van der Waals surface area contributed by atoms with Crippen molar-refractivity contribution in [2.24, 2.45) is 0 Å². The van der Waals surface area contributed by atoms with E-state index in [1.54, 1.807) is 18.2 Å². The van der Waals surface area contributed by atoms with Crippen molar-refractivity contribution in [3.8, 4) is 0 Å². The molecule has 2 rings (SSSR count). The summed E-state index contributed by atoms with van der Waals surface area (Å²) in [6.07, 6.45) is 7.83. The fraction of sp³-hybridized carbons (Fsp3) is 0.250. The zero-order valence-electron chi connectivity index (χ0n) is 8.43. The number of carbonyl (C=O) groups is 1. The van der Waals surface area contributed by atoms with Crippen LogP contribution in [-0.4, -0.2) is 23.6 Å². The lowest BCUT2D eigenvalue weighted by Crippen LogP contribution is -2.12. The topological polar surface area (TPSA) is 46.5 Å². The van der Waals surface area contributed by atoms with E-state index in [0.29, 0.717) is 23.5 Å². The van der Waals surface area contributed by atoms with Crippen molar-refractivity contribution in [1.82, 2.24) is 0 Å². The fourth-order valence-electron chi connectivity index (χ4n) is 1.58. The van der Waals surface area contributed by atoms with Gasteiger partial charge in [0.05, 0.1) is 0 Å². The summed E-state index contributed by atoms with van der Waals surface area (Å²) >= 11 is 0. The molecule has 3 nitrogen and oxygen atoms in total. The Balaban J connectivity index is 2.39. The highest BCUT2D eigenvalue weighted by Crippen LogP contribution is 2.23. The molecule has 1 unspecified atom stereocenters. The van der Waals surface area contributed by atoms with Crippen LogP contribution in [0.5, 0.6) is 0 Å². The Morgan fingerprint density at radius 3 is 3.00 bits per heavy atom. The molecule has 1 atom stereocenters. The second kappa shape index (κ2) is 3.87. The van der Waals surface area contributed by atoms with E-state index in [9.17, 15) is 9.90 Å². The summed E-state index contributed by atoms with van der Waals surface area (Å²) in [5, 5.41) is 9.85. The van der Waals surface area contributed by atoms with Gasteiger partial charge in [-0.25, -0.2) is 0 Å². The molecule has 1 aliphatic heterocycles. The fourth-order valence-corrected chi connectivity index (χ4v) is 1.58. The minimum atomic E-state index is -0.773. The first kappa shape index (κ1) is 9.93. The third-order valence-corrected chi connectivity index (χ3v) is 2.39. The summed E-state index contributed by atoms with van der Waals surface area (Å²) in [6.45, 7) is 1.98. The highest BCUT2D eigenvalue weighted by Gasteiger charge is 2.18. The van der Waals surface area contributed by atoms with Gasteiger partial charge < -0.3 is 9.84 Å². The molecule has 1 aliphatic carbocycles. The Hall–Kier alpha value is -1.61. The van der Waals surface area contributed by atoms with Crippen molar-refractivity contribution in [2.45, 2.75) is 13.0 Å². The van der Waals surface area contributed by atoms with E-state index in [0.717, 1.165) is 0 Å². The van der Waals surface area contributed by atoms with Gasteiger partial charge >= 0.3 is 0 Å². The predicted molar refractivity (Wildman–Crippen MR) is 56.0 cm³/mol. The molecule has 1 N–H and O–H groups in total. The van der Waals surface area contributed by atoms with E-state index in [2.05, 4.69) is 0 Å². The lowest BCUT2D eigenvalue weighted by Gasteiger charge is -2.15. The average Bonchev–Trinajstić information content (AvgIpc) is 2.39. The molecule has 0 aromatic carbocycles. The second-order valence-electron chi connectivity index (χ2n) is 3.49. The lowest BCUT2D eigenvalue weighted by molar-refractivity contribution is -0.113. The van der Waals surface area contributed by atoms with Gasteiger partial charge in [0.25, 0.3) is 0 Å². The van der Waals surface area contributed by atoms with E-state index >= 15 is 0 Å². The predicted octanol–water partition coefficient (Wildman–Crippen LogP) is 1.27. The normalized spacial score (nSPS) is 24.1. The molecule has 0 spiro atoms. The zero-order valence-corrected chi connectivity index (χ0v) is 8.43. The van der Waals surface area contributed by atoms with Gasteiger partial charge in [0, 0.05) is 11.1 Å². The SMILES string of the molecule is CC(=O)C1=CC(O)C2=C(C=C1)OCC=C2. The molecule has 0 amide bonds. The summed E-state index contributed by atoms with van der Waals surface area (Å²) in [4.78, 5) is 11.2. The van der Waals surface area contributed by atoms with Gasteiger partial charge in [-0.1, -0.05) is 6.08 Å². The molecular weight excluding hydrogens is 192 g/mol. The van der Waals surface area contributed by atoms with Crippen molar-refractivity contribution >= 4 is 5.78 Å². The first-order valence-electron chi connectivity index (χ1n) is 4.81. The summed E-state index contributed by atoms with van der Waals surface area (Å²) in [5.74, 6) is 0.576. The lowest BCUT2D eigenvalue weighted by atomic mass is 10.1. The molecular formula is C12H12O3. The Kier molecular flexibility index (Phi) is 2.56. The van der Waals surface area contributed by atoms with Crippen LogP contribution in [0.3, 0.4) is 0 Å². The van der Waals surface area contributed by atoms with Crippen molar-refractivity contribution in [1.29, 1.82) is 0 Å². The Bertz CT molecular complexity index is 411. The standard InChI is InChI=1S/C12H12O3/c1-8(13)9-4-5-12-10(11(14)7-9)3-2-6-15-12/h2-5,7,11,14H,6H2,1H3. The Labute approximate surface area is 88.1 Å². The minimum absolute atomic E-state index is 0.0610. The second-order valence-corrected chi connectivity index (χ2v) is 3.49. The van der Waals surface area contributed by atoms with E-state index in [4.69, 9.17) is 4.74 Å². The smallest absolute Gasteiger partial charge is 0.159 e. The number of allylic oxidation sites excluding steroid dienone is 3. The largest absolute Gasteiger partial charge is 0.489 e. The molecule has 0 radical (unpaired) electrons. The van der Waals surface area contributed by atoms with Crippen LogP contribution in [0, 0.1) is 0 Å². The summed E-state index contributed by atoms with van der Waals surface area (Å²) in [5.41, 5.74) is 1.21. The highest BCUT2D eigenvalue weighted by atomic mass is 16.5. The van der Waals surface area contributed by atoms with E-state index in [-0.39, 0.29) is 5.78 Å². The third-order valence-electron chi connectivity index (χ3n) is 2.39. The maximum Gasteiger partial charge on any atom is 0.159 e. The van der Waals surface area contributed by atoms with E-state index in [1.165, 1.54) is 6.92 Å². The molecule has 2 aliphatic rings. The number of ether oxygens (including phenoxy) is 1. The van der Waals surface area contributed by atoms with E-state index < -0.39 is 6.10 Å². The van der Waals surface area contributed by atoms with E-state index in [1.807, 2.05) is 12.2 Å². The molecule has 0 bridgehead atoms. The van der Waals surface area contributed by atoms with Crippen molar-refractivity contribution < 1.29 is 14.6 Å². The van der Waals surface area contributed by atoms with Gasteiger partial charge in [0.1, 0.15) is 18.5 Å². The molecule has 0 fully saturated rings. The summed E-state index contributed by atoms with van der Waals surface area (Å²) in [6, 6.07) is 0. The van der Waals surface area contributed by atoms with Crippen LogP contribution in [0.4, 0.5) is 0 Å². The van der Waals surface area contributed by atoms with Crippen molar-refractivity contribution in [2.75, 3.05) is 6.61 Å². The Morgan fingerprint density at radius 1 is 1.47 bits per heavy atom. The van der Waals surface area contributed by atoms with Gasteiger partial charge in [-0.3, -0.25) is 4.79 Å². The van der Waals surface area contributed by atoms with Crippen LogP contribution in [0.1, 0.15) is 6.92 Å². The maximum atomic E-state index is 11.2. The van der Waals surface area contributed by atoms with Crippen molar-refractivity contribution in [3.05, 3.63) is 47.3 Å². The number of carbonyl (C=O) groups excluding carboxylic acids is 1.